The van der Waals surface area contributed by atoms with E-state index in [2.05, 4.69) is 58.9 Å². The predicted octanol–water partition coefficient (Wildman–Crippen LogP) is 17.6. The number of carbonyl (C=O) groups excluding carboxylic acids is 4. The Morgan fingerprint density at radius 2 is 0.686 bits per heavy atom. The molecule has 0 bridgehead atoms. The molecule has 118 heavy (non-hydrogen) atoms. The highest BCUT2D eigenvalue weighted by Gasteiger charge is 2.60. The topological polar surface area (TPSA) is 380 Å². The maximum Gasteiger partial charge on any atom is 0.472 e. The van der Waals surface area contributed by atoms with Crippen LogP contribution in [0.1, 0.15) is 401 Å². The van der Waals surface area contributed by atoms with Gasteiger partial charge in [0.1, 0.15) is 92.6 Å². The van der Waals surface area contributed by atoms with Gasteiger partial charge in [-0.25, -0.2) is 4.57 Å². The first-order chi connectivity index (χ1) is 57.1. The highest BCUT2D eigenvalue weighted by molar-refractivity contribution is 7.47. The summed E-state index contributed by atoms with van der Waals surface area (Å²) in [5.74, 6) is -2.36. The van der Waals surface area contributed by atoms with Gasteiger partial charge in [0, 0.05) is 25.7 Å². The average molecular weight is 1710 g/mol. The van der Waals surface area contributed by atoms with Gasteiger partial charge in [0.15, 0.2) is 24.8 Å². The largest absolute Gasteiger partial charge is 0.472 e. The van der Waals surface area contributed by atoms with Crippen LogP contribution in [-0.4, -0.2) is 205 Å². The Labute approximate surface area is 711 Å². The Kier molecular flexibility index (Phi) is 64.9. The van der Waals surface area contributed by atoms with Crippen molar-refractivity contribution < 1.29 is 122 Å². The molecule has 0 radical (unpaired) electrons. The Morgan fingerprint density at radius 1 is 0.356 bits per heavy atom. The first-order valence-electron chi connectivity index (χ1n) is 47.5. The lowest BCUT2D eigenvalue weighted by Crippen LogP contribution is -2.70. The third-order valence-corrected chi connectivity index (χ3v) is 24.3. The summed E-state index contributed by atoms with van der Waals surface area (Å²) in [6.07, 6.45) is 28.9. The SMILES string of the molecule is CCCCCC/C=C\CCCCCCCCCC(=O)OCC1OC(OC2C(OC(=O)CCCCCCCCC(C)CCCCCCCC)C(O)C(O)C(OC3OC(CO)C(O)C(O)C3O)C2OP(=O)(O)OCC(COC(=O)CCCCC/C=C\CCCCCCCC)OC(=O)CCCCCCCCCCCCCCCCC)C(O)C(O)C1O. The van der Waals surface area contributed by atoms with Crippen molar-refractivity contribution in [2.45, 2.75) is 505 Å². The van der Waals surface area contributed by atoms with Crippen molar-refractivity contribution in [3.05, 3.63) is 24.3 Å². The molecule has 3 rings (SSSR count). The summed E-state index contributed by atoms with van der Waals surface area (Å²) >= 11 is 0. The zero-order chi connectivity index (χ0) is 86.2. The quantitative estimate of drug-likeness (QED) is 0.00889. The van der Waals surface area contributed by atoms with Crippen LogP contribution in [0.25, 0.3) is 0 Å². The molecular formula is C92H169O25P. The van der Waals surface area contributed by atoms with E-state index >= 15 is 0 Å². The molecule has 26 heteroatoms. The highest BCUT2D eigenvalue weighted by atomic mass is 31.2. The van der Waals surface area contributed by atoms with Crippen molar-refractivity contribution in [1.82, 2.24) is 0 Å². The van der Waals surface area contributed by atoms with Crippen LogP contribution in [0.5, 0.6) is 0 Å². The molecular weight excluding hydrogens is 1540 g/mol. The zero-order valence-electron chi connectivity index (χ0n) is 73.9. The van der Waals surface area contributed by atoms with Gasteiger partial charge in [0.05, 0.1) is 13.2 Å². The lowest BCUT2D eigenvalue weighted by atomic mass is 9.84. The van der Waals surface area contributed by atoms with Crippen molar-refractivity contribution in [1.29, 1.82) is 0 Å². The second kappa shape index (κ2) is 70.2. The van der Waals surface area contributed by atoms with E-state index in [4.69, 9.17) is 46.9 Å². The number of unbranched alkanes of at least 4 members (excludes halogenated alkanes) is 44. The second-order valence-electron chi connectivity index (χ2n) is 34.1. The number of esters is 4. The zero-order valence-corrected chi connectivity index (χ0v) is 74.8. The molecule has 2 aliphatic heterocycles. The summed E-state index contributed by atoms with van der Waals surface area (Å²) in [6, 6.07) is 0. The molecule has 2 saturated heterocycles. The van der Waals surface area contributed by atoms with E-state index in [9.17, 15) is 74.6 Å². The van der Waals surface area contributed by atoms with Gasteiger partial charge < -0.3 is 88.7 Å². The van der Waals surface area contributed by atoms with Crippen molar-refractivity contribution in [2.75, 3.05) is 26.4 Å². The third-order valence-electron chi connectivity index (χ3n) is 23.3. The lowest BCUT2D eigenvalue weighted by Gasteiger charge is -2.50. The molecule has 19 atom stereocenters. The fourth-order valence-electron chi connectivity index (χ4n) is 15.7. The van der Waals surface area contributed by atoms with Crippen LogP contribution < -0.4 is 0 Å². The Balaban J connectivity index is 1.93. The summed E-state index contributed by atoms with van der Waals surface area (Å²) in [6.45, 7) is 7.87. The lowest BCUT2D eigenvalue weighted by molar-refractivity contribution is -0.360. The predicted molar refractivity (Wildman–Crippen MR) is 458 cm³/mol. The number of rotatable bonds is 76. The van der Waals surface area contributed by atoms with Crippen molar-refractivity contribution in [3.8, 4) is 0 Å². The Morgan fingerprint density at radius 3 is 1.11 bits per heavy atom. The van der Waals surface area contributed by atoms with Gasteiger partial charge in [0.25, 0.3) is 0 Å². The van der Waals surface area contributed by atoms with Crippen molar-refractivity contribution in [3.63, 3.8) is 0 Å². The van der Waals surface area contributed by atoms with Crippen LogP contribution in [0.4, 0.5) is 0 Å². The molecule has 19 unspecified atom stereocenters. The molecule has 3 aliphatic rings. The molecule has 0 aromatic rings. The third kappa shape index (κ3) is 50.2. The number of carbonyl (C=O) groups is 4. The number of aliphatic hydroxyl groups is 9. The van der Waals surface area contributed by atoms with Gasteiger partial charge in [0.2, 0.25) is 0 Å². The average Bonchev–Trinajstić information content (AvgIpc) is 0.754. The number of aliphatic hydroxyl groups excluding tert-OH is 9. The summed E-state index contributed by atoms with van der Waals surface area (Å²) < 4.78 is 73.5. The molecule has 0 aromatic carbocycles. The van der Waals surface area contributed by atoms with Gasteiger partial charge in [-0.1, -0.05) is 322 Å². The number of hydrogen-bond donors (Lipinski definition) is 10. The fourth-order valence-corrected chi connectivity index (χ4v) is 16.6. The number of allylic oxidation sites excluding steroid dienone is 4. The molecule has 0 amide bonds. The van der Waals surface area contributed by atoms with Crippen molar-refractivity contribution in [2.24, 2.45) is 5.92 Å². The van der Waals surface area contributed by atoms with E-state index in [1.165, 1.54) is 161 Å². The highest BCUT2D eigenvalue weighted by Crippen LogP contribution is 2.49. The van der Waals surface area contributed by atoms with E-state index in [0.29, 0.717) is 38.0 Å². The summed E-state index contributed by atoms with van der Waals surface area (Å²) in [7, 11) is -5.81. The second-order valence-corrected chi connectivity index (χ2v) is 35.6. The number of phosphoric acid groups is 1. The minimum Gasteiger partial charge on any atom is -0.463 e. The first-order valence-corrected chi connectivity index (χ1v) is 49.0. The number of phosphoric ester groups is 1. The molecule has 0 spiro atoms. The first kappa shape index (κ1) is 109. The minimum atomic E-state index is -5.81. The van der Waals surface area contributed by atoms with Crippen molar-refractivity contribution >= 4 is 31.7 Å². The fraction of sp³-hybridized carbons (Fsp3) is 0.913. The van der Waals surface area contributed by atoms with Crippen LogP contribution in [0.15, 0.2) is 24.3 Å². The maximum atomic E-state index is 14.9. The van der Waals surface area contributed by atoms with Crippen LogP contribution in [0.3, 0.4) is 0 Å². The smallest absolute Gasteiger partial charge is 0.463 e. The maximum absolute atomic E-state index is 14.9. The van der Waals surface area contributed by atoms with E-state index in [1.54, 1.807) is 0 Å². The number of ether oxygens (including phenoxy) is 8. The van der Waals surface area contributed by atoms with Gasteiger partial charge in [-0.3, -0.25) is 28.2 Å². The summed E-state index contributed by atoms with van der Waals surface area (Å²) in [5.41, 5.74) is 0. The van der Waals surface area contributed by atoms with Crippen LogP contribution in [-0.2, 0) is 70.7 Å². The van der Waals surface area contributed by atoms with Gasteiger partial charge >= 0.3 is 31.7 Å². The normalized spacial score (nSPS) is 25.3. The molecule has 3 fully saturated rings. The van der Waals surface area contributed by atoms with E-state index < -0.39 is 162 Å². The Hall–Kier alpha value is -3.05. The number of hydrogen-bond acceptors (Lipinski definition) is 24. The Bertz CT molecular complexity index is 2570. The molecule has 0 aromatic heterocycles. The van der Waals surface area contributed by atoms with Gasteiger partial charge in [-0.2, -0.15) is 0 Å². The molecule has 692 valence electrons. The molecule has 1 saturated carbocycles. The van der Waals surface area contributed by atoms with Crippen LogP contribution in [0.2, 0.25) is 0 Å². The molecule has 10 N–H and O–H groups in total. The minimum absolute atomic E-state index is 0.00887. The monoisotopic (exact) mass is 1710 g/mol. The molecule has 25 nitrogen and oxygen atoms in total. The van der Waals surface area contributed by atoms with E-state index in [0.717, 1.165) is 148 Å². The summed E-state index contributed by atoms with van der Waals surface area (Å²) in [4.78, 5) is 66.5. The molecule has 1 aliphatic carbocycles. The summed E-state index contributed by atoms with van der Waals surface area (Å²) in [5, 5.41) is 102. The molecule has 2 heterocycles. The van der Waals surface area contributed by atoms with Crippen LogP contribution in [0, 0.1) is 5.92 Å². The van der Waals surface area contributed by atoms with Gasteiger partial charge in [-0.05, 0) is 83.0 Å². The van der Waals surface area contributed by atoms with E-state index in [-0.39, 0.29) is 25.7 Å². The van der Waals surface area contributed by atoms with Gasteiger partial charge in [-0.15, -0.1) is 0 Å². The van der Waals surface area contributed by atoms with Crippen LogP contribution >= 0.6 is 7.82 Å². The standard InChI is InChI=1S/C92H169O25P/c1-6-10-14-18-22-25-28-31-33-36-39-42-45-52-58-64-76(95)109-70-74-80(99)82(101)86(105)92(113-74)116-89-87(114-78(97)66-60-54-48-47-50-56-62-71(5)61-55-49-21-17-13-9-4)83(102)84(103)88(115-91-85(104)81(100)79(98)73(67-93)112-91)90(89)117-118(106,107)110-69-72(68-108-75(94)63-57-51-44-41-38-35-30-27-24-20-16-12-8-3)111-77(96)65-59-53-46-43-40-37-34-32-29-26-23-19-15-11-7-2/h25,28,35,38,71-74,79-93,98-105H,6-24,26-27,29-34,36-37,39-70H2,1-5H3,(H,106,107)/b28-25-,38-35-. The van der Waals surface area contributed by atoms with E-state index in [1.807, 2.05) is 0 Å².